The summed E-state index contributed by atoms with van der Waals surface area (Å²) in [6.45, 7) is 5.71. The predicted molar refractivity (Wildman–Crippen MR) is 43.9 cm³/mol. The molecule has 0 bridgehead atoms. The Morgan fingerprint density at radius 2 is 1.40 bits per heavy atom. The van der Waals surface area contributed by atoms with E-state index < -0.39 is 5.67 Å². The van der Waals surface area contributed by atoms with Gasteiger partial charge < -0.3 is 0 Å². The molecule has 1 rings (SSSR count). The highest BCUT2D eigenvalue weighted by molar-refractivity contribution is 4.76. The van der Waals surface area contributed by atoms with E-state index in [1.807, 2.05) is 13.8 Å². The molecule has 0 aliphatic heterocycles. The zero-order valence-electron chi connectivity index (χ0n) is 7.41. The molecular formula is C9H19F. The Kier molecular flexibility index (Phi) is 4.67. The number of hydrogen-bond acceptors (Lipinski definition) is 0. The van der Waals surface area contributed by atoms with E-state index in [0.29, 0.717) is 0 Å². The molecule has 0 atom stereocenters. The van der Waals surface area contributed by atoms with Crippen LogP contribution in [0.15, 0.2) is 0 Å². The molecule has 1 aliphatic rings. The van der Waals surface area contributed by atoms with Gasteiger partial charge in [0.05, 0.1) is 0 Å². The normalized spacial score (nSPS) is 22.8. The second-order valence-corrected chi connectivity index (χ2v) is 2.97. The SMILES string of the molecule is CC.CC1(F)CCCCC1. The smallest absolute Gasteiger partial charge is 0.108 e. The summed E-state index contributed by atoms with van der Waals surface area (Å²) in [6, 6.07) is 0. The zero-order valence-corrected chi connectivity index (χ0v) is 7.41. The molecule has 1 heteroatoms. The summed E-state index contributed by atoms with van der Waals surface area (Å²) >= 11 is 0. The Labute approximate surface area is 63.8 Å². The number of hydrogen-bond donors (Lipinski definition) is 0. The number of halogens is 1. The van der Waals surface area contributed by atoms with Gasteiger partial charge in [-0.05, 0) is 19.8 Å². The summed E-state index contributed by atoms with van der Waals surface area (Å²) in [6.07, 6.45) is 4.99. The van der Waals surface area contributed by atoms with Gasteiger partial charge in [0.1, 0.15) is 5.67 Å². The maximum absolute atomic E-state index is 12.9. The van der Waals surface area contributed by atoms with Gasteiger partial charge in [-0.25, -0.2) is 4.39 Å². The summed E-state index contributed by atoms with van der Waals surface area (Å²) in [5, 5.41) is 0. The fourth-order valence-corrected chi connectivity index (χ4v) is 1.29. The first-order valence-electron chi connectivity index (χ1n) is 4.40. The van der Waals surface area contributed by atoms with Gasteiger partial charge in [0.2, 0.25) is 0 Å². The summed E-state index contributed by atoms with van der Waals surface area (Å²) in [5.41, 5.74) is -0.821. The Balaban J connectivity index is 0.000000371. The molecule has 0 aromatic rings. The zero-order chi connectivity index (χ0) is 8.04. The topological polar surface area (TPSA) is 0 Å². The van der Waals surface area contributed by atoms with Crippen LogP contribution in [0.3, 0.4) is 0 Å². The van der Waals surface area contributed by atoms with Crippen LogP contribution < -0.4 is 0 Å². The van der Waals surface area contributed by atoms with Crippen LogP contribution >= 0.6 is 0 Å². The Morgan fingerprint density at radius 1 is 1.00 bits per heavy atom. The first-order valence-corrected chi connectivity index (χ1v) is 4.40. The lowest BCUT2D eigenvalue weighted by atomic mass is 9.88. The molecule has 0 aromatic heterocycles. The first kappa shape index (κ1) is 9.93. The summed E-state index contributed by atoms with van der Waals surface area (Å²) in [7, 11) is 0. The Morgan fingerprint density at radius 3 is 1.60 bits per heavy atom. The van der Waals surface area contributed by atoms with E-state index >= 15 is 0 Å². The lowest BCUT2D eigenvalue weighted by Gasteiger charge is -2.24. The van der Waals surface area contributed by atoms with E-state index in [2.05, 4.69) is 0 Å². The van der Waals surface area contributed by atoms with Crippen LogP contribution in [0.1, 0.15) is 52.9 Å². The average Bonchev–Trinajstić information content (AvgIpc) is 1.92. The van der Waals surface area contributed by atoms with Crippen LogP contribution in [0.5, 0.6) is 0 Å². The van der Waals surface area contributed by atoms with Gasteiger partial charge in [0, 0.05) is 0 Å². The highest BCUT2D eigenvalue weighted by Gasteiger charge is 2.24. The van der Waals surface area contributed by atoms with Crippen molar-refractivity contribution in [3.63, 3.8) is 0 Å². The van der Waals surface area contributed by atoms with Crippen molar-refractivity contribution in [3.05, 3.63) is 0 Å². The molecule has 0 N–H and O–H groups in total. The molecule has 1 aliphatic carbocycles. The van der Waals surface area contributed by atoms with Crippen LogP contribution in [0.2, 0.25) is 0 Å². The second-order valence-electron chi connectivity index (χ2n) is 2.97. The minimum atomic E-state index is -0.821. The van der Waals surface area contributed by atoms with Gasteiger partial charge in [0.25, 0.3) is 0 Å². The monoisotopic (exact) mass is 146 g/mol. The minimum absolute atomic E-state index is 0.785. The van der Waals surface area contributed by atoms with E-state index in [9.17, 15) is 4.39 Å². The molecule has 0 aromatic carbocycles. The molecular weight excluding hydrogens is 127 g/mol. The fraction of sp³-hybridized carbons (Fsp3) is 1.00. The molecule has 0 amide bonds. The van der Waals surface area contributed by atoms with Crippen molar-refractivity contribution < 1.29 is 4.39 Å². The second kappa shape index (κ2) is 4.70. The number of rotatable bonds is 0. The molecule has 0 heterocycles. The van der Waals surface area contributed by atoms with E-state index in [0.717, 1.165) is 25.7 Å². The lowest BCUT2D eigenvalue weighted by Crippen LogP contribution is -2.20. The van der Waals surface area contributed by atoms with E-state index in [1.54, 1.807) is 6.92 Å². The molecule has 1 saturated carbocycles. The molecule has 0 saturated heterocycles. The Bertz CT molecular complexity index is 68.8. The van der Waals surface area contributed by atoms with Crippen LogP contribution in [-0.2, 0) is 0 Å². The summed E-state index contributed by atoms with van der Waals surface area (Å²) in [5.74, 6) is 0. The van der Waals surface area contributed by atoms with Gasteiger partial charge in [-0.3, -0.25) is 0 Å². The quantitative estimate of drug-likeness (QED) is 0.488. The molecule has 0 radical (unpaired) electrons. The summed E-state index contributed by atoms with van der Waals surface area (Å²) in [4.78, 5) is 0. The van der Waals surface area contributed by atoms with Crippen molar-refractivity contribution in [1.29, 1.82) is 0 Å². The highest BCUT2D eigenvalue weighted by atomic mass is 19.1. The average molecular weight is 146 g/mol. The third-order valence-electron chi connectivity index (χ3n) is 1.90. The van der Waals surface area contributed by atoms with Crippen molar-refractivity contribution in [2.75, 3.05) is 0 Å². The van der Waals surface area contributed by atoms with Gasteiger partial charge in [-0.1, -0.05) is 33.1 Å². The molecule has 0 spiro atoms. The van der Waals surface area contributed by atoms with Gasteiger partial charge in [0.15, 0.2) is 0 Å². The van der Waals surface area contributed by atoms with Crippen molar-refractivity contribution in [1.82, 2.24) is 0 Å². The molecule has 10 heavy (non-hydrogen) atoms. The molecule has 62 valence electrons. The largest absolute Gasteiger partial charge is 0.244 e. The van der Waals surface area contributed by atoms with Crippen LogP contribution in [-0.4, -0.2) is 5.67 Å². The first-order chi connectivity index (χ1) is 4.71. The minimum Gasteiger partial charge on any atom is -0.244 e. The van der Waals surface area contributed by atoms with Gasteiger partial charge >= 0.3 is 0 Å². The van der Waals surface area contributed by atoms with Crippen molar-refractivity contribution in [3.8, 4) is 0 Å². The van der Waals surface area contributed by atoms with Crippen molar-refractivity contribution in [2.24, 2.45) is 0 Å². The lowest BCUT2D eigenvalue weighted by molar-refractivity contribution is 0.130. The maximum Gasteiger partial charge on any atom is 0.108 e. The van der Waals surface area contributed by atoms with Crippen LogP contribution in [0, 0.1) is 0 Å². The third-order valence-corrected chi connectivity index (χ3v) is 1.90. The molecule has 0 unspecified atom stereocenters. The molecule has 0 nitrogen and oxygen atoms in total. The standard InChI is InChI=1S/C7H13F.C2H6/c1-7(8)5-3-2-4-6-7;1-2/h2-6H2,1H3;1-2H3. The van der Waals surface area contributed by atoms with E-state index in [4.69, 9.17) is 0 Å². The predicted octanol–water partition coefficient (Wildman–Crippen LogP) is 3.70. The van der Waals surface area contributed by atoms with E-state index in [-0.39, 0.29) is 0 Å². The number of alkyl halides is 1. The Hall–Kier alpha value is -0.0700. The van der Waals surface area contributed by atoms with Crippen LogP contribution in [0.4, 0.5) is 4.39 Å². The van der Waals surface area contributed by atoms with Gasteiger partial charge in [-0.15, -0.1) is 0 Å². The van der Waals surface area contributed by atoms with Crippen molar-refractivity contribution >= 4 is 0 Å². The third kappa shape index (κ3) is 3.86. The van der Waals surface area contributed by atoms with Gasteiger partial charge in [-0.2, -0.15) is 0 Å². The van der Waals surface area contributed by atoms with Crippen LogP contribution in [0.25, 0.3) is 0 Å². The fourth-order valence-electron chi connectivity index (χ4n) is 1.29. The maximum atomic E-state index is 12.9. The summed E-state index contributed by atoms with van der Waals surface area (Å²) < 4.78 is 12.9. The van der Waals surface area contributed by atoms with Crippen molar-refractivity contribution in [2.45, 2.75) is 58.5 Å². The molecule has 1 fully saturated rings. The van der Waals surface area contributed by atoms with E-state index in [1.165, 1.54) is 6.42 Å². The highest BCUT2D eigenvalue weighted by Crippen LogP contribution is 2.30.